The first-order chi connectivity index (χ1) is 19.8. The van der Waals surface area contributed by atoms with Crippen LogP contribution in [0.3, 0.4) is 0 Å². The molecule has 8 heteroatoms. The van der Waals surface area contributed by atoms with E-state index in [0.29, 0.717) is 48.1 Å². The first-order valence-electron chi connectivity index (χ1n) is 13.8. The zero-order valence-corrected chi connectivity index (χ0v) is 24.3. The number of hydrogen-bond donors (Lipinski definition) is 1. The lowest BCUT2D eigenvalue weighted by atomic mass is 9.95. The molecular formula is C33H38N2O6. The molecule has 1 N–H and O–H groups in total. The number of ether oxygens (including phenoxy) is 3. The Balaban J connectivity index is 1.69. The van der Waals surface area contributed by atoms with Crippen LogP contribution in [-0.4, -0.2) is 67.0 Å². The van der Waals surface area contributed by atoms with E-state index in [1.54, 1.807) is 49.6 Å². The van der Waals surface area contributed by atoms with Gasteiger partial charge in [0.05, 0.1) is 25.8 Å². The van der Waals surface area contributed by atoms with Gasteiger partial charge in [0.15, 0.2) is 11.5 Å². The Morgan fingerprint density at radius 1 is 0.927 bits per heavy atom. The van der Waals surface area contributed by atoms with Crippen LogP contribution in [-0.2, 0) is 16.2 Å². The molecule has 4 rings (SSSR count). The van der Waals surface area contributed by atoms with Crippen molar-refractivity contribution in [3.8, 4) is 17.2 Å². The number of carbonyl (C=O) groups excluding carboxylic acids is 2. The van der Waals surface area contributed by atoms with Gasteiger partial charge in [-0.3, -0.25) is 9.59 Å². The molecule has 1 atom stereocenters. The highest BCUT2D eigenvalue weighted by atomic mass is 16.5. The third-order valence-electron chi connectivity index (χ3n) is 7.43. The number of methoxy groups -OCH3 is 2. The number of aliphatic hydroxyl groups excluding tert-OH is 1. The van der Waals surface area contributed by atoms with Crippen molar-refractivity contribution >= 4 is 17.4 Å². The van der Waals surface area contributed by atoms with Gasteiger partial charge in [0.2, 0.25) is 0 Å². The molecule has 1 amide bonds. The largest absolute Gasteiger partial charge is 0.507 e. The maximum Gasteiger partial charge on any atom is 0.295 e. The molecule has 0 spiro atoms. The number of Topliss-reactive ketones (excluding diaryl/α,β-unsaturated/α-hetero) is 1. The van der Waals surface area contributed by atoms with Gasteiger partial charge in [-0.2, -0.15) is 0 Å². The van der Waals surface area contributed by atoms with E-state index in [0.717, 1.165) is 24.2 Å². The van der Waals surface area contributed by atoms with Crippen molar-refractivity contribution in [3.63, 3.8) is 0 Å². The SMILES string of the molecule is CCN(CC)CCN1C(=O)C(=O)/C(=C(/O)c2ccc(OCc3cccc(C)c3)cc2)C1c1ccc(OC)c(OC)c1. The molecule has 0 radical (unpaired) electrons. The number of nitrogens with zero attached hydrogens (tertiary/aromatic N) is 2. The highest BCUT2D eigenvalue weighted by molar-refractivity contribution is 6.46. The van der Waals surface area contributed by atoms with E-state index in [4.69, 9.17) is 14.2 Å². The summed E-state index contributed by atoms with van der Waals surface area (Å²) in [6.45, 7) is 9.10. The maximum absolute atomic E-state index is 13.4. The zero-order valence-electron chi connectivity index (χ0n) is 24.3. The molecule has 41 heavy (non-hydrogen) atoms. The second-order valence-corrected chi connectivity index (χ2v) is 9.94. The third-order valence-corrected chi connectivity index (χ3v) is 7.43. The van der Waals surface area contributed by atoms with Gasteiger partial charge < -0.3 is 29.1 Å². The molecule has 1 saturated heterocycles. The van der Waals surface area contributed by atoms with Crippen molar-refractivity contribution < 1.29 is 28.9 Å². The summed E-state index contributed by atoms with van der Waals surface area (Å²) in [7, 11) is 3.07. The van der Waals surface area contributed by atoms with Crippen molar-refractivity contribution in [3.05, 3.63) is 94.6 Å². The lowest BCUT2D eigenvalue weighted by Gasteiger charge is -2.28. The van der Waals surface area contributed by atoms with E-state index in [2.05, 4.69) is 24.8 Å². The number of amides is 1. The average Bonchev–Trinajstić information content (AvgIpc) is 3.25. The van der Waals surface area contributed by atoms with Crippen LogP contribution in [0.1, 0.15) is 42.1 Å². The predicted molar refractivity (Wildman–Crippen MR) is 158 cm³/mol. The van der Waals surface area contributed by atoms with Crippen LogP contribution in [0, 0.1) is 6.92 Å². The van der Waals surface area contributed by atoms with Gasteiger partial charge in [-0.05, 0) is 67.5 Å². The van der Waals surface area contributed by atoms with Crippen LogP contribution in [0.25, 0.3) is 5.76 Å². The summed E-state index contributed by atoms with van der Waals surface area (Å²) in [5.41, 5.74) is 3.30. The molecule has 3 aromatic rings. The minimum atomic E-state index is -0.789. The van der Waals surface area contributed by atoms with Gasteiger partial charge >= 0.3 is 0 Å². The van der Waals surface area contributed by atoms with Crippen LogP contribution >= 0.6 is 0 Å². The maximum atomic E-state index is 13.4. The Labute approximate surface area is 241 Å². The van der Waals surface area contributed by atoms with Crippen molar-refractivity contribution in [2.45, 2.75) is 33.4 Å². The monoisotopic (exact) mass is 558 g/mol. The second kappa shape index (κ2) is 13.4. The van der Waals surface area contributed by atoms with E-state index >= 15 is 0 Å². The molecular weight excluding hydrogens is 520 g/mol. The van der Waals surface area contributed by atoms with E-state index < -0.39 is 17.7 Å². The minimum absolute atomic E-state index is 0.0372. The van der Waals surface area contributed by atoms with Crippen molar-refractivity contribution in [1.82, 2.24) is 9.80 Å². The number of carbonyl (C=O) groups is 2. The molecule has 1 fully saturated rings. The van der Waals surface area contributed by atoms with E-state index in [-0.39, 0.29) is 11.3 Å². The van der Waals surface area contributed by atoms with Gasteiger partial charge in [0.1, 0.15) is 18.1 Å². The van der Waals surface area contributed by atoms with Crippen LogP contribution < -0.4 is 14.2 Å². The topological polar surface area (TPSA) is 88.5 Å². The molecule has 1 unspecified atom stereocenters. The molecule has 1 aliphatic rings. The Morgan fingerprint density at radius 2 is 1.63 bits per heavy atom. The van der Waals surface area contributed by atoms with Crippen molar-refractivity contribution in [2.24, 2.45) is 0 Å². The van der Waals surface area contributed by atoms with Gasteiger partial charge in [0, 0.05) is 18.7 Å². The molecule has 3 aromatic carbocycles. The van der Waals surface area contributed by atoms with Crippen molar-refractivity contribution in [1.29, 1.82) is 0 Å². The standard InChI is InChI=1S/C33H38N2O6/c1-6-34(7-2)17-18-35-30(25-13-16-27(39-4)28(20-25)40-5)29(32(37)33(35)38)31(36)24-11-14-26(15-12-24)41-21-23-10-8-9-22(3)19-23/h8-16,19-20,30,36H,6-7,17-18,21H2,1-5H3/b31-29+. The molecule has 0 aromatic heterocycles. The smallest absolute Gasteiger partial charge is 0.295 e. The second-order valence-electron chi connectivity index (χ2n) is 9.94. The predicted octanol–water partition coefficient (Wildman–Crippen LogP) is 5.35. The van der Waals surface area contributed by atoms with Crippen LogP contribution in [0.2, 0.25) is 0 Å². The Bertz CT molecular complexity index is 1410. The van der Waals surface area contributed by atoms with Gasteiger partial charge in [-0.1, -0.05) is 49.7 Å². The number of benzene rings is 3. The third kappa shape index (κ3) is 6.55. The summed E-state index contributed by atoms with van der Waals surface area (Å²) < 4.78 is 16.8. The van der Waals surface area contributed by atoms with Crippen LogP contribution in [0.4, 0.5) is 0 Å². The minimum Gasteiger partial charge on any atom is -0.507 e. The number of rotatable bonds is 12. The summed E-state index contributed by atoms with van der Waals surface area (Å²) >= 11 is 0. The Hall–Kier alpha value is -4.30. The number of likely N-dealkylation sites (tertiary alicyclic amines) is 1. The lowest BCUT2D eigenvalue weighted by Crippen LogP contribution is -2.38. The molecule has 216 valence electrons. The number of aryl methyl sites for hydroxylation is 1. The van der Waals surface area contributed by atoms with Gasteiger partial charge in [-0.15, -0.1) is 0 Å². The fraction of sp³-hybridized carbons (Fsp3) is 0.333. The number of hydrogen-bond acceptors (Lipinski definition) is 7. The summed E-state index contributed by atoms with van der Waals surface area (Å²) in [5, 5.41) is 11.5. The molecule has 0 saturated carbocycles. The summed E-state index contributed by atoms with van der Waals surface area (Å²) in [6, 6.07) is 19.4. The average molecular weight is 559 g/mol. The number of aliphatic hydroxyl groups is 1. The van der Waals surface area contributed by atoms with E-state index in [1.807, 2.05) is 25.1 Å². The summed E-state index contributed by atoms with van der Waals surface area (Å²) in [5.74, 6) is 0.0168. The van der Waals surface area contributed by atoms with E-state index in [1.165, 1.54) is 12.0 Å². The summed E-state index contributed by atoms with van der Waals surface area (Å²) in [4.78, 5) is 30.5. The fourth-order valence-corrected chi connectivity index (χ4v) is 5.10. The summed E-state index contributed by atoms with van der Waals surface area (Å²) in [6.07, 6.45) is 0. The Kier molecular flexibility index (Phi) is 9.68. The molecule has 1 aliphatic heterocycles. The van der Waals surface area contributed by atoms with Crippen LogP contribution in [0.5, 0.6) is 17.2 Å². The van der Waals surface area contributed by atoms with Gasteiger partial charge in [0.25, 0.3) is 11.7 Å². The first kappa shape index (κ1) is 29.7. The van der Waals surface area contributed by atoms with E-state index in [9.17, 15) is 14.7 Å². The highest BCUT2D eigenvalue weighted by Gasteiger charge is 2.46. The van der Waals surface area contributed by atoms with Gasteiger partial charge in [-0.25, -0.2) is 0 Å². The normalized spacial score (nSPS) is 16.3. The fourth-order valence-electron chi connectivity index (χ4n) is 5.10. The van der Waals surface area contributed by atoms with Crippen LogP contribution in [0.15, 0.2) is 72.3 Å². The lowest BCUT2D eigenvalue weighted by molar-refractivity contribution is -0.140. The molecule has 0 aliphatic carbocycles. The first-order valence-corrected chi connectivity index (χ1v) is 13.8. The quantitative estimate of drug-likeness (QED) is 0.182. The zero-order chi connectivity index (χ0) is 29.5. The molecule has 8 nitrogen and oxygen atoms in total. The molecule has 0 bridgehead atoms. The number of likely N-dealkylation sites (N-methyl/N-ethyl adjacent to an activating group) is 1. The Morgan fingerprint density at radius 3 is 2.27 bits per heavy atom. The molecule has 1 heterocycles. The van der Waals surface area contributed by atoms with Crippen molar-refractivity contribution in [2.75, 3.05) is 40.4 Å². The number of ketones is 1. The highest BCUT2D eigenvalue weighted by Crippen LogP contribution is 2.42.